The average molecular weight is 428 g/mol. The summed E-state index contributed by atoms with van der Waals surface area (Å²) in [4.78, 5) is 39.0. The average Bonchev–Trinajstić information content (AvgIpc) is 3.09. The quantitative estimate of drug-likeness (QED) is 0.788. The molecular formula is C15H14BrN3O3S2. The van der Waals surface area contributed by atoms with E-state index >= 15 is 0 Å². The molecule has 0 radical (unpaired) electrons. The summed E-state index contributed by atoms with van der Waals surface area (Å²) < 4.78 is 0.852. The van der Waals surface area contributed by atoms with Crippen LogP contribution < -0.4 is 11.1 Å². The second kappa shape index (κ2) is 6.66. The van der Waals surface area contributed by atoms with Gasteiger partial charge in [-0.3, -0.25) is 14.4 Å². The number of hydrogen-bond acceptors (Lipinski definition) is 5. The smallest absolute Gasteiger partial charge is 0.266 e. The zero-order chi connectivity index (χ0) is 17.4. The van der Waals surface area contributed by atoms with Crippen molar-refractivity contribution in [1.82, 2.24) is 4.90 Å². The number of hydrogen-bond donors (Lipinski definition) is 2. The van der Waals surface area contributed by atoms with Crippen LogP contribution in [0.5, 0.6) is 0 Å². The maximum atomic E-state index is 12.4. The van der Waals surface area contributed by atoms with Gasteiger partial charge in [-0.15, -0.1) is 22.7 Å². The van der Waals surface area contributed by atoms with E-state index < -0.39 is 5.91 Å². The molecule has 0 bridgehead atoms. The first-order chi connectivity index (χ1) is 11.4. The minimum Gasteiger partial charge on any atom is -0.365 e. The monoisotopic (exact) mass is 427 g/mol. The fraction of sp³-hybridized carbons (Fsp3) is 0.267. The molecular weight excluding hydrogens is 414 g/mol. The molecule has 2 aromatic heterocycles. The molecule has 2 aromatic rings. The Balaban J connectivity index is 1.92. The van der Waals surface area contributed by atoms with Crippen LogP contribution in [0, 0.1) is 0 Å². The molecule has 0 saturated heterocycles. The summed E-state index contributed by atoms with van der Waals surface area (Å²) in [6.45, 7) is 2.51. The third kappa shape index (κ3) is 3.24. The number of thiophene rings is 2. The zero-order valence-corrected chi connectivity index (χ0v) is 15.9. The number of fused-ring (bicyclic) bond motifs is 1. The van der Waals surface area contributed by atoms with Gasteiger partial charge in [0.25, 0.3) is 11.8 Å². The highest BCUT2D eigenvalue weighted by Gasteiger charge is 2.28. The van der Waals surface area contributed by atoms with Crippen LogP contribution in [0.15, 0.2) is 15.9 Å². The van der Waals surface area contributed by atoms with Gasteiger partial charge in [0.1, 0.15) is 5.00 Å². The summed E-state index contributed by atoms with van der Waals surface area (Å²) in [6.07, 6.45) is 0.560. The Morgan fingerprint density at radius 2 is 2.04 bits per heavy atom. The molecule has 1 aliphatic heterocycles. The highest BCUT2D eigenvalue weighted by Crippen LogP contribution is 2.37. The molecule has 6 nitrogen and oxygen atoms in total. The number of carbonyl (C=O) groups excluding carboxylic acids is 3. The number of nitrogens with two attached hydrogens (primary N) is 1. The highest BCUT2D eigenvalue weighted by atomic mass is 79.9. The van der Waals surface area contributed by atoms with E-state index in [1.54, 1.807) is 17.0 Å². The van der Waals surface area contributed by atoms with Crippen molar-refractivity contribution in [2.45, 2.75) is 19.9 Å². The van der Waals surface area contributed by atoms with Crippen LogP contribution in [-0.4, -0.2) is 29.2 Å². The number of nitrogens with one attached hydrogen (secondary N) is 1. The number of carbonyl (C=O) groups is 3. The maximum Gasteiger partial charge on any atom is 0.266 e. The largest absolute Gasteiger partial charge is 0.365 e. The molecule has 0 aliphatic carbocycles. The van der Waals surface area contributed by atoms with Crippen molar-refractivity contribution < 1.29 is 14.4 Å². The van der Waals surface area contributed by atoms with Gasteiger partial charge < -0.3 is 16.0 Å². The molecule has 0 unspecified atom stereocenters. The number of halogens is 1. The van der Waals surface area contributed by atoms with Crippen molar-refractivity contribution in [3.05, 3.63) is 36.8 Å². The van der Waals surface area contributed by atoms with E-state index in [2.05, 4.69) is 21.2 Å². The molecule has 3 amide bonds. The highest BCUT2D eigenvalue weighted by molar-refractivity contribution is 9.11. The molecule has 24 heavy (non-hydrogen) atoms. The molecule has 1 aliphatic rings. The zero-order valence-electron chi connectivity index (χ0n) is 12.7. The van der Waals surface area contributed by atoms with Crippen LogP contribution in [0.2, 0.25) is 0 Å². The van der Waals surface area contributed by atoms with Gasteiger partial charge in [0.2, 0.25) is 5.91 Å². The molecule has 0 fully saturated rings. The fourth-order valence-corrected chi connectivity index (χ4v) is 5.17. The molecule has 3 N–H and O–H groups in total. The van der Waals surface area contributed by atoms with Crippen molar-refractivity contribution >= 4 is 61.3 Å². The first kappa shape index (κ1) is 17.1. The van der Waals surface area contributed by atoms with Gasteiger partial charge in [-0.05, 0) is 40.0 Å². The molecule has 9 heteroatoms. The second-order valence-electron chi connectivity index (χ2n) is 5.32. The van der Waals surface area contributed by atoms with Crippen molar-refractivity contribution in [3.63, 3.8) is 0 Å². The predicted molar refractivity (Wildman–Crippen MR) is 97.6 cm³/mol. The lowest BCUT2D eigenvalue weighted by molar-refractivity contribution is -0.129. The first-order valence-corrected chi connectivity index (χ1v) is 9.56. The van der Waals surface area contributed by atoms with E-state index in [4.69, 9.17) is 5.73 Å². The Bertz CT molecular complexity index is 843. The molecule has 0 atom stereocenters. The summed E-state index contributed by atoms with van der Waals surface area (Å²) >= 11 is 5.94. The Morgan fingerprint density at radius 3 is 2.62 bits per heavy atom. The topological polar surface area (TPSA) is 92.5 Å². The van der Waals surface area contributed by atoms with Crippen LogP contribution in [0.25, 0.3) is 0 Å². The molecule has 3 rings (SSSR count). The van der Waals surface area contributed by atoms with Crippen LogP contribution in [0.3, 0.4) is 0 Å². The van der Waals surface area contributed by atoms with Crippen molar-refractivity contribution in [1.29, 1.82) is 0 Å². The maximum absolute atomic E-state index is 12.4. The fourth-order valence-electron chi connectivity index (χ4n) is 2.62. The lowest BCUT2D eigenvalue weighted by atomic mass is 10.0. The molecule has 0 saturated carbocycles. The second-order valence-corrected chi connectivity index (χ2v) is 8.89. The van der Waals surface area contributed by atoms with E-state index in [0.29, 0.717) is 35.0 Å². The number of nitrogens with zero attached hydrogens (tertiary/aromatic N) is 1. The number of anilines is 1. The van der Waals surface area contributed by atoms with E-state index in [1.807, 2.05) is 0 Å². The third-order valence-corrected chi connectivity index (χ3v) is 6.53. The summed E-state index contributed by atoms with van der Waals surface area (Å²) in [5.74, 6) is -0.856. The summed E-state index contributed by atoms with van der Waals surface area (Å²) in [7, 11) is 0. The lowest BCUT2D eigenvalue weighted by Gasteiger charge is -2.25. The summed E-state index contributed by atoms with van der Waals surface area (Å²) in [6, 6.07) is 3.50. The van der Waals surface area contributed by atoms with Gasteiger partial charge >= 0.3 is 0 Å². The van der Waals surface area contributed by atoms with Gasteiger partial charge in [-0.2, -0.15) is 0 Å². The van der Waals surface area contributed by atoms with Crippen LogP contribution in [-0.2, 0) is 17.8 Å². The minimum atomic E-state index is -0.563. The van der Waals surface area contributed by atoms with Gasteiger partial charge in [-0.1, -0.05) is 0 Å². The van der Waals surface area contributed by atoms with Gasteiger partial charge in [-0.25, -0.2) is 0 Å². The lowest BCUT2D eigenvalue weighted by Crippen LogP contribution is -2.34. The van der Waals surface area contributed by atoms with Crippen molar-refractivity contribution in [3.8, 4) is 0 Å². The molecule has 0 spiro atoms. The third-order valence-electron chi connectivity index (χ3n) is 3.77. The SMILES string of the molecule is CC(=O)N1CCc2c(sc(NC(=O)c3ccc(Br)s3)c2C(N)=O)C1. The number of rotatable bonds is 3. The standard InChI is InChI=1S/C15H14BrN3O3S2/c1-7(20)19-5-4-8-10(6-19)24-15(12(8)13(17)21)18-14(22)9-2-3-11(16)23-9/h2-3H,4-6H2,1H3,(H2,17,21)(H,18,22). The Morgan fingerprint density at radius 1 is 1.29 bits per heavy atom. The van der Waals surface area contributed by atoms with E-state index in [1.165, 1.54) is 29.6 Å². The molecule has 0 aromatic carbocycles. The van der Waals surface area contributed by atoms with Crippen LogP contribution >= 0.6 is 38.6 Å². The Kier molecular flexibility index (Phi) is 4.75. The van der Waals surface area contributed by atoms with Crippen molar-refractivity contribution in [2.24, 2.45) is 5.73 Å². The van der Waals surface area contributed by atoms with E-state index in [9.17, 15) is 14.4 Å². The molecule has 3 heterocycles. The Labute approximate surface area is 154 Å². The normalized spacial score (nSPS) is 13.5. The predicted octanol–water partition coefficient (Wildman–Crippen LogP) is 2.83. The van der Waals surface area contributed by atoms with E-state index in [-0.39, 0.29) is 11.8 Å². The van der Waals surface area contributed by atoms with E-state index in [0.717, 1.165) is 14.2 Å². The first-order valence-electron chi connectivity index (χ1n) is 7.13. The van der Waals surface area contributed by atoms with Gasteiger partial charge in [0.15, 0.2) is 0 Å². The van der Waals surface area contributed by atoms with Crippen molar-refractivity contribution in [2.75, 3.05) is 11.9 Å². The Hall–Kier alpha value is -1.71. The van der Waals surface area contributed by atoms with Crippen LogP contribution in [0.1, 0.15) is 37.4 Å². The number of amides is 3. The van der Waals surface area contributed by atoms with Gasteiger partial charge in [0.05, 0.1) is 20.8 Å². The van der Waals surface area contributed by atoms with Gasteiger partial charge in [0, 0.05) is 18.3 Å². The summed E-state index contributed by atoms with van der Waals surface area (Å²) in [5, 5.41) is 3.24. The molecule has 126 valence electrons. The summed E-state index contributed by atoms with van der Waals surface area (Å²) in [5.41, 5.74) is 6.73. The minimum absolute atomic E-state index is 0.0105. The number of primary amides is 1. The van der Waals surface area contributed by atoms with Crippen LogP contribution in [0.4, 0.5) is 5.00 Å².